The van der Waals surface area contributed by atoms with Crippen molar-refractivity contribution in [2.24, 2.45) is 11.7 Å². The van der Waals surface area contributed by atoms with Crippen molar-refractivity contribution in [2.45, 2.75) is 32.7 Å². The summed E-state index contributed by atoms with van der Waals surface area (Å²) in [7, 11) is 0. The van der Waals surface area contributed by atoms with E-state index in [0.717, 1.165) is 12.0 Å². The second kappa shape index (κ2) is 9.37. The molecule has 0 unspecified atom stereocenters. The number of hydrogen-bond acceptors (Lipinski definition) is 4. The van der Waals surface area contributed by atoms with Gasteiger partial charge >= 0.3 is 0 Å². The summed E-state index contributed by atoms with van der Waals surface area (Å²) in [5.41, 5.74) is 6.77. The topological polar surface area (TPSA) is 84.6 Å². The van der Waals surface area contributed by atoms with Gasteiger partial charge < -0.3 is 20.9 Å². The third-order valence-electron chi connectivity index (χ3n) is 3.11. The molecule has 0 aliphatic rings. The van der Waals surface area contributed by atoms with Crippen LogP contribution in [0.3, 0.4) is 0 Å². The zero-order valence-corrected chi connectivity index (χ0v) is 12.8. The molecule has 0 heterocycles. The molecule has 0 saturated carbocycles. The van der Waals surface area contributed by atoms with Crippen molar-refractivity contribution in [3.05, 3.63) is 29.8 Å². The number of carbonyl (C=O) groups is 1. The van der Waals surface area contributed by atoms with Gasteiger partial charge in [-0.15, -0.1) is 0 Å². The number of nitrogens with one attached hydrogen (secondary N) is 1. The highest BCUT2D eigenvalue weighted by Crippen LogP contribution is 2.10. The van der Waals surface area contributed by atoms with Crippen molar-refractivity contribution in [1.82, 2.24) is 5.32 Å². The fraction of sp³-hybridized carbons (Fsp3) is 0.562. The SMILES string of the molecule is CC(C)CCOCCNC(=O)[C@@H](N)Cc1ccc(O)cc1. The lowest BCUT2D eigenvalue weighted by Gasteiger charge is -2.13. The molecule has 1 aromatic carbocycles. The van der Waals surface area contributed by atoms with Crippen LogP contribution in [-0.2, 0) is 16.0 Å². The van der Waals surface area contributed by atoms with Crippen LogP contribution in [0.5, 0.6) is 5.75 Å². The standard InChI is InChI=1S/C16H26N2O3/c1-12(2)7-9-21-10-8-18-16(20)15(17)11-13-3-5-14(19)6-4-13/h3-6,12,15,19H,7-11,17H2,1-2H3,(H,18,20)/t15-/m0/s1. The Morgan fingerprint density at radius 2 is 1.95 bits per heavy atom. The minimum absolute atomic E-state index is 0.185. The summed E-state index contributed by atoms with van der Waals surface area (Å²) in [6, 6.07) is 6.10. The normalized spacial score (nSPS) is 12.4. The molecule has 0 aliphatic carbocycles. The number of phenols is 1. The molecular formula is C16H26N2O3. The Balaban J connectivity index is 2.18. The predicted octanol–water partition coefficient (Wildman–Crippen LogP) is 1.44. The van der Waals surface area contributed by atoms with Crippen molar-refractivity contribution < 1.29 is 14.6 Å². The van der Waals surface area contributed by atoms with Crippen LogP contribution in [0, 0.1) is 5.92 Å². The Bertz CT molecular complexity index is 418. The van der Waals surface area contributed by atoms with Crippen molar-refractivity contribution >= 4 is 5.91 Å². The summed E-state index contributed by atoms with van der Waals surface area (Å²) < 4.78 is 5.42. The molecule has 1 aromatic rings. The smallest absolute Gasteiger partial charge is 0.237 e. The van der Waals surface area contributed by atoms with Crippen LogP contribution in [0.4, 0.5) is 0 Å². The summed E-state index contributed by atoms with van der Waals surface area (Å²) in [6.45, 7) is 5.98. The number of rotatable bonds is 9. The van der Waals surface area contributed by atoms with Crippen LogP contribution >= 0.6 is 0 Å². The fourth-order valence-electron chi connectivity index (χ4n) is 1.78. The average Bonchev–Trinajstić information content (AvgIpc) is 2.44. The zero-order valence-electron chi connectivity index (χ0n) is 12.8. The lowest BCUT2D eigenvalue weighted by molar-refractivity contribution is -0.122. The van der Waals surface area contributed by atoms with Gasteiger partial charge in [0.05, 0.1) is 12.6 Å². The largest absolute Gasteiger partial charge is 0.508 e. The summed E-state index contributed by atoms with van der Waals surface area (Å²) in [5, 5.41) is 12.0. The van der Waals surface area contributed by atoms with E-state index in [-0.39, 0.29) is 11.7 Å². The molecule has 1 rings (SSSR count). The number of amides is 1. The second-order valence-corrected chi connectivity index (χ2v) is 5.56. The van der Waals surface area contributed by atoms with E-state index in [9.17, 15) is 9.90 Å². The average molecular weight is 294 g/mol. The predicted molar refractivity (Wildman–Crippen MR) is 83.1 cm³/mol. The molecule has 0 radical (unpaired) electrons. The molecule has 0 bridgehead atoms. The number of carbonyl (C=O) groups excluding carboxylic acids is 1. The maximum absolute atomic E-state index is 11.8. The lowest BCUT2D eigenvalue weighted by atomic mass is 10.1. The Kier molecular flexibility index (Phi) is 7.79. The van der Waals surface area contributed by atoms with E-state index < -0.39 is 6.04 Å². The molecule has 4 N–H and O–H groups in total. The van der Waals surface area contributed by atoms with Gasteiger partial charge in [-0.05, 0) is 36.5 Å². The second-order valence-electron chi connectivity index (χ2n) is 5.56. The first-order valence-corrected chi connectivity index (χ1v) is 7.38. The van der Waals surface area contributed by atoms with E-state index in [4.69, 9.17) is 10.5 Å². The van der Waals surface area contributed by atoms with Crippen molar-refractivity contribution in [3.8, 4) is 5.75 Å². The van der Waals surface area contributed by atoms with Gasteiger partial charge in [-0.25, -0.2) is 0 Å². The van der Waals surface area contributed by atoms with Gasteiger partial charge in [0.15, 0.2) is 0 Å². The highest BCUT2D eigenvalue weighted by molar-refractivity contribution is 5.81. The Hall–Kier alpha value is -1.59. The molecule has 1 amide bonds. The fourth-order valence-corrected chi connectivity index (χ4v) is 1.78. The van der Waals surface area contributed by atoms with Crippen LogP contribution in [-0.4, -0.2) is 36.8 Å². The molecule has 5 heteroatoms. The maximum atomic E-state index is 11.8. The minimum atomic E-state index is -0.592. The quantitative estimate of drug-likeness (QED) is 0.602. The first kappa shape index (κ1) is 17.5. The van der Waals surface area contributed by atoms with Gasteiger partial charge in [0.2, 0.25) is 5.91 Å². The first-order valence-electron chi connectivity index (χ1n) is 7.38. The summed E-state index contributed by atoms with van der Waals surface area (Å²) in [4.78, 5) is 11.8. The summed E-state index contributed by atoms with van der Waals surface area (Å²) in [5.74, 6) is 0.643. The summed E-state index contributed by atoms with van der Waals surface area (Å²) in [6.07, 6.45) is 1.47. The molecule has 0 spiro atoms. The molecule has 0 aromatic heterocycles. The number of nitrogens with two attached hydrogens (primary N) is 1. The third-order valence-corrected chi connectivity index (χ3v) is 3.11. The van der Waals surface area contributed by atoms with E-state index in [0.29, 0.717) is 32.1 Å². The lowest BCUT2D eigenvalue weighted by Crippen LogP contribution is -2.43. The van der Waals surface area contributed by atoms with E-state index in [1.54, 1.807) is 24.3 Å². The zero-order chi connectivity index (χ0) is 15.7. The molecule has 0 aliphatic heterocycles. The Morgan fingerprint density at radius 3 is 2.57 bits per heavy atom. The number of ether oxygens (including phenoxy) is 1. The first-order chi connectivity index (χ1) is 9.99. The number of hydrogen-bond donors (Lipinski definition) is 3. The Morgan fingerprint density at radius 1 is 1.29 bits per heavy atom. The molecule has 0 saturated heterocycles. The molecule has 5 nitrogen and oxygen atoms in total. The van der Waals surface area contributed by atoms with Gasteiger partial charge in [0.25, 0.3) is 0 Å². The van der Waals surface area contributed by atoms with Crippen molar-refractivity contribution in [3.63, 3.8) is 0 Å². The van der Waals surface area contributed by atoms with Crippen LogP contribution in [0.25, 0.3) is 0 Å². The monoisotopic (exact) mass is 294 g/mol. The van der Waals surface area contributed by atoms with Crippen molar-refractivity contribution in [1.29, 1.82) is 0 Å². The molecular weight excluding hydrogens is 268 g/mol. The highest BCUT2D eigenvalue weighted by Gasteiger charge is 2.13. The molecule has 21 heavy (non-hydrogen) atoms. The van der Waals surface area contributed by atoms with E-state index in [1.165, 1.54) is 0 Å². The van der Waals surface area contributed by atoms with Gasteiger partial charge in [0, 0.05) is 13.2 Å². The minimum Gasteiger partial charge on any atom is -0.508 e. The molecule has 0 fully saturated rings. The van der Waals surface area contributed by atoms with Gasteiger partial charge in [-0.3, -0.25) is 4.79 Å². The highest BCUT2D eigenvalue weighted by atomic mass is 16.5. The maximum Gasteiger partial charge on any atom is 0.237 e. The molecule has 118 valence electrons. The van der Waals surface area contributed by atoms with Crippen LogP contribution in [0.1, 0.15) is 25.8 Å². The number of aromatic hydroxyl groups is 1. The Labute approximate surface area is 126 Å². The van der Waals surface area contributed by atoms with E-state index in [1.807, 2.05) is 0 Å². The van der Waals surface area contributed by atoms with Crippen LogP contribution in [0.2, 0.25) is 0 Å². The molecule has 1 atom stereocenters. The number of phenolic OH excluding ortho intramolecular Hbond substituents is 1. The van der Waals surface area contributed by atoms with Gasteiger partial charge in [-0.2, -0.15) is 0 Å². The van der Waals surface area contributed by atoms with Gasteiger partial charge in [-0.1, -0.05) is 26.0 Å². The van der Waals surface area contributed by atoms with Gasteiger partial charge in [0.1, 0.15) is 5.75 Å². The third kappa shape index (κ3) is 7.68. The van der Waals surface area contributed by atoms with E-state index >= 15 is 0 Å². The number of benzene rings is 1. The van der Waals surface area contributed by atoms with Crippen LogP contribution in [0.15, 0.2) is 24.3 Å². The van der Waals surface area contributed by atoms with Crippen molar-refractivity contribution in [2.75, 3.05) is 19.8 Å². The van der Waals surface area contributed by atoms with Crippen LogP contribution < -0.4 is 11.1 Å². The summed E-state index contributed by atoms with van der Waals surface area (Å²) >= 11 is 0. The van der Waals surface area contributed by atoms with E-state index in [2.05, 4.69) is 19.2 Å².